The number of allylic oxidation sites excluding steroid dienone is 1. The largest absolute Gasteiger partial charge is 0.458 e. The third-order valence-corrected chi connectivity index (χ3v) is 11.4. The van der Waals surface area contributed by atoms with E-state index in [1.165, 1.54) is 5.57 Å². The van der Waals surface area contributed by atoms with Crippen LogP contribution in [0.2, 0.25) is 0 Å². The Morgan fingerprint density at radius 1 is 1.10 bits per heavy atom. The first-order chi connectivity index (χ1) is 18.9. The van der Waals surface area contributed by atoms with E-state index in [4.69, 9.17) is 10.00 Å². The smallest absolute Gasteiger partial charge is 0.338 e. The molecular formula is C33H42N2O5. The molecule has 4 aliphatic rings. The number of nitrogens with zero attached hydrogens (tertiary/aromatic N) is 2. The summed E-state index contributed by atoms with van der Waals surface area (Å²) in [5, 5.41) is 20.4. The summed E-state index contributed by atoms with van der Waals surface area (Å²) < 4.78 is 5.93. The van der Waals surface area contributed by atoms with Crippen LogP contribution < -0.4 is 0 Å². The van der Waals surface area contributed by atoms with E-state index >= 15 is 0 Å². The summed E-state index contributed by atoms with van der Waals surface area (Å²) in [7, 11) is 0. The van der Waals surface area contributed by atoms with Gasteiger partial charge in [0.2, 0.25) is 5.54 Å². The van der Waals surface area contributed by atoms with Gasteiger partial charge in [-0.1, -0.05) is 25.5 Å². The van der Waals surface area contributed by atoms with Crippen LogP contribution in [-0.2, 0) is 9.53 Å². The molecule has 0 aliphatic heterocycles. The monoisotopic (exact) mass is 546 g/mol. The normalized spacial score (nSPS) is 34.9. The maximum atomic E-state index is 13.4. The van der Waals surface area contributed by atoms with E-state index in [1.54, 1.807) is 38.1 Å². The molecule has 0 heterocycles. The van der Waals surface area contributed by atoms with E-state index in [2.05, 4.69) is 26.0 Å². The lowest BCUT2D eigenvalue weighted by Gasteiger charge is -2.58. The van der Waals surface area contributed by atoms with Gasteiger partial charge in [0, 0.05) is 44.0 Å². The van der Waals surface area contributed by atoms with Gasteiger partial charge in [0.1, 0.15) is 11.9 Å². The number of benzene rings is 1. The van der Waals surface area contributed by atoms with Gasteiger partial charge >= 0.3 is 5.97 Å². The summed E-state index contributed by atoms with van der Waals surface area (Å²) in [6, 6.07) is 8.66. The molecular weight excluding hydrogens is 504 g/mol. The Morgan fingerprint density at radius 2 is 1.82 bits per heavy atom. The SMILES string of the molecule is CC(C)(CCC(=O)[C@H]1CC[C@H]2[C@@H]3CC=C4C[C@@H](OC(=O)c5ccc(C#N)cc5)CC[C@]4(C)[C@H]3CC[C@]12C)[N+](=O)[O-]. The van der Waals surface area contributed by atoms with Crippen molar-refractivity contribution in [2.45, 2.75) is 104 Å². The summed E-state index contributed by atoms with van der Waals surface area (Å²) in [5.41, 5.74) is 1.43. The lowest BCUT2D eigenvalue weighted by atomic mass is 9.47. The number of fused-ring (bicyclic) bond motifs is 5. The van der Waals surface area contributed by atoms with Gasteiger partial charge in [0.25, 0.3) is 0 Å². The van der Waals surface area contributed by atoms with Crippen LogP contribution in [0.15, 0.2) is 35.9 Å². The number of Topliss-reactive ketones (excluding diaryl/α,β-unsaturated/α-hetero) is 1. The van der Waals surface area contributed by atoms with Crippen molar-refractivity contribution < 1.29 is 19.2 Å². The molecule has 1 aromatic rings. The Labute approximate surface area is 237 Å². The van der Waals surface area contributed by atoms with Crippen molar-refractivity contribution in [3.05, 3.63) is 57.2 Å². The van der Waals surface area contributed by atoms with Gasteiger partial charge < -0.3 is 4.74 Å². The van der Waals surface area contributed by atoms with Gasteiger partial charge in [0.05, 0.1) is 17.2 Å². The maximum Gasteiger partial charge on any atom is 0.338 e. The van der Waals surface area contributed by atoms with Crippen LogP contribution in [0.25, 0.3) is 0 Å². The number of rotatable bonds is 7. The first-order valence-electron chi connectivity index (χ1n) is 15.0. The van der Waals surface area contributed by atoms with Crippen molar-refractivity contribution in [2.75, 3.05) is 0 Å². The lowest BCUT2D eigenvalue weighted by molar-refractivity contribution is -0.561. The van der Waals surface area contributed by atoms with E-state index in [0.717, 1.165) is 51.4 Å². The van der Waals surface area contributed by atoms with Crippen LogP contribution >= 0.6 is 0 Å². The van der Waals surface area contributed by atoms with Crippen LogP contribution in [0, 0.1) is 55.9 Å². The fourth-order valence-corrected chi connectivity index (χ4v) is 8.85. The van der Waals surface area contributed by atoms with Crippen molar-refractivity contribution in [1.29, 1.82) is 5.26 Å². The number of hydrogen-bond donors (Lipinski definition) is 0. The molecule has 40 heavy (non-hydrogen) atoms. The third kappa shape index (κ3) is 4.88. The van der Waals surface area contributed by atoms with Gasteiger partial charge in [-0.05, 0) is 97.8 Å². The zero-order valence-electron chi connectivity index (χ0n) is 24.3. The van der Waals surface area contributed by atoms with Crippen molar-refractivity contribution in [3.63, 3.8) is 0 Å². The number of hydrogen-bond acceptors (Lipinski definition) is 6. The van der Waals surface area contributed by atoms with E-state index in [1.807, 2.05) is 0 Å². The third-order valence-electron chi connectivity index (χ3n) is 11.4. The summed E-state index contributed by atoms with van der Waals surface area (Å²) in [6.07, 6.45) is 10.6. The molecule has 0 saturated heterocycles. The van der Waals surface area contributed by atoms with Gasteiger partial charge in [-0.3, -0.25) is 14.9 Å². The van der Waals surface area contributed by atoms with Crippen LogP contribution in [0.1, 0.15) is 108 Å². The zero-order chi connectivity index (χ0) is 28.9. The molecule has 7 heteroatoms. The van der Waals surface area contributed by atoms with Gasteiger partial charge in [-0.15, -0.1) is 0 Å². The summed E-state index contributed by atoms with van der Waals surface area (Å²) in [5.74, 6) is 1.54. The predicted octanol–water partition coefficient (Wildman–Crippen LogP) is 7.07. The first kappa shape index (κ1) is 28.5. The second kappa shape index (κ2) is 10.4. The molecule has 0 aromatic heterocycles. The van der Waals surface area contributed by atoms with E-state index in [-0.39, 0.29) is 39.5 Å². The van der Waals surface area contributed by atoms with Crippen LogP contribution in [0.4, 0.5) is 0 Å². The van der Waals surface area contributed by atoms with Crippen molar-refractivity contribution in [3.8, 4) is 6.07 Å². The average Bonchev–Trinajstić information content (AvgIpc) is 3.29. The lowest BCUT2D eigenvalue weighted by Crippen LogP contribution is -2.51. The second-order valence-corrected chi connectivity index (χ2v) is 13.9. The molecule has 0 radical (unpaired) electrons. The Kier molecular flexibility index (Phi) is 7.44. The minimum Gasteiger partial charge on any atom is -0.458 e. The average molecular weight is 547 g/mol. The fourth-order valence-electron chi connectivity index (χ4n) is 8.85. The Balaban J connectivity index is 1.25. The highest BCUT2D eigenvalue weighted by atomic mass is 16.6. The summed E-state index contributed by atoms with van der Waals surface area (Å²) >= 11 is 0. The molecule has 7 nitrogen and oxygen atoms in total. The Morgan fingerprint density at radius 3 is 2.50 bits per heavy atom. The summed E-state index contributed by atoms with van der Waals surface area (Å²) in [4.78, 5) is 37.3. The quantitative estimate of drug-likeness (QED) is 0.157. The molecule has 0 unspecified atom stereocenters. The minimum atomic E-state index is -1.07. The number of nitro groups is 1. The van der Waals surface area contributed by atoms with E-state index in [9.17, 15) is 19.7 Å². The molecule has 5 rings (SSSR count). The number of carbonyl (C=O) groups is 2. The molecule has 7 atom stereocenters. The maximum absolute atomic E-state index is 13.4. The van der Waals surface area contributed by atoms with Gasteiger partial charge in [-0.25, -0.2) is 4.79 Å². The Bertz CT molecular complexity index is 1260. The minimum absolute atomic E-state index is 0.0107. The molecule has 3 fully saturated rings. The highest BCUT2D eigenvalue weighted by Gasteiger charge is 2.60. The van der Waals surface area contributed by atoms with Gasteiger partial charge in [0.15, 0.2) is 0 Å². The van der Waals surface area contributed by atoms with Crippen LogP contribution in [0.3, 0.4) is 0 Å². The van der Waals surface area contributed by atoms with E-state index in [0.29, 0.717) is 41.7 Å². The summed E-state index contributed by atoms with van der Waals surface area (Å²) in [6.45, 7) is 7.96. The number of ether oxygens (including phenoxy) is 1. The molecule has 0 spiro atoms. The number of esters is 1. The Hall–Kier alpha value is -3.01. The highest BCUT2D eigenvalue weighted by Crippen LogP contribution is 2.66. The molecule has 0 bridgehead atoms. The molecule has 0 amide bonds. The molecule has 214 valence electrons. The van der Waals surface area contributed by atoms with Crippen molar-refractivity contribution in [2.24, 2.45) is 34.5 Å². The molecule has 0 N–H and O–H groups in total. The molecule has 3 saturated carbocycles. The van der Waals surface area contributed by atoms with Gasteiger partial charge in [-0.2, -0.15) is 5.26 Å². The van der Waals surface area contributed by atoms with Crippen molar-refractivity contribution in [1.82, 2.24) is 0 Å². The molecule has 4 aliphatic carbocycles. The van der Waals surface area contributed by atoms with Crippen LogP contribution in [-0.4, -0.2) is 28.3 Å². The van der Waals surface area contributed by atoms with Crippen molar-refractivity contribution >= 4 is 11.8 Å². The number of nitriles is 1. The highest BCUT2D eigenvalue weighted by molar-refractivity contribution is 5.89. The number of carbonyl (C=O) groups excluding carboxylic acids is 2. The first-order valence-corrected chi connectivity index (χ1v) is 15.0. The number of ketones is 1. The van der Waals surface area contributed by atoms with E-state index < -0.39 is 5.54 Å². The predicted molar refractivity (Wildman–Crippen MR) is 151 cm³/mol. The van der Waals surface area contributed by atoms with Crippen LogP contribution in [0.5, 0.6) is 0 Å². The zero-order valence-corrected chi connectivity index (χ0v) is 24.3. The topological polar surface area (TPSA) is 110 Å². The second-order valence-electron chi connectivity index (χ2n) is 13.9. The fraction of sp³-hybridized carbons (Fsp3) is 0.667. The molecule has 1 aromatic carbocycles. The standard InChI is InChI=1S/C33H42N2O5/c1-31(2,35(38)39)16-15-29(36)28-12-11-26-25-10-9-23-19-24(40-30(37)22-7-5-21(20-34)6-8-22)13-17-32(23,3)27(25)14-18-33(26,28)4/h5-9,24-28H,10-19H2,1-4H3/t24-,25-,26-,27-,28+,32-,33-/m0/s1.